The van der Waals surface area contributed by atoms with Gasteiger partial charge < -0.3 is 14.8 Å². The number of hydrogen-bond acceptors (Lipinski definition) is 5. The van der Waals surface area contributed by atoms with Crippen LogP contribution < -0.4 is 14.8 Å². The Morgan fingerprint density at radius 3 is 2.62 bits per heavy atom. The molecule has 0 aliphatic carbocycles. The van der Waals surface area contributed by atoms with Crippen molar-refractivity contribution in [3.63, 3.8) is 0 Å². The first-order valence-electron chi connectivity index (χ1n) is 11.6. The zero-order valence-corrected chi connectivity index (χ0v) is 19.1. The van der Waals surface area contributed by atoms with Gasteiger partial charge in [0.2, 0.25) is 0 Å². The molecule has 1 fully saturated rings. The number of pyridine rings is 1. The smallest absolute Gasteiger partial charge is 0.161 e. The molecule has 32 heavy (non-hydrogen) atoms. The second-order valence-electron chi connectivity index (χ2n) is 8.22. The molecule has 1 aromatic heterocycles. The van der Waals surface area contributed by atoms with Crippen LogP contribution in [0.5, 0.6) is 11.5 Å². The number of aryl methyl sites for hydroxylation is 1. The summed E-state index contributed by atoms with van der Waals surface area (Å²) in [4.78, 5) is 7.32. The third kappa shape index (κ3) is 5.67. The lowest BCUT2D eigenvalue weighted by Gasteiger charge is -2.31. The number of hydrogen-bond donors (Lipinski definition) is 1. The molecule has 1 unspecified atom stereocenters. The molecule has 1 atom stereocenters. The Morgan fingerprint density at radius 2 is 1.84 bits per heavy atom. The van der Waals surface area contributed by atoms with Gasteiger partial charge in [0.15, 0.2) is 11.5 Å². The van der Waals surface area contributed by atoms with Gasteiger partial charge in [-0.2, -0.15) is 0 Å². The first-order chi connectivity index (χ1) is 15.7. The molecular weight excluding hydrogens is 398 g/mol. The fraction of sp³-hybridized carbons (Fsp3) is 0.370. The van der Waals surface area contributed by atoms with Crippen LogP contribution in [0.25, 0.3) is 0 Å². The minimum atomic E-state index is 0.0814. The van der Waals surface area contributed by atoms with E-state index in [1.165, 1.54) is 11.1 Å². The molecule has 0 amide bonds. The van der Waals surface area contributed by atoms with E-state index in [9.17, 15) is 0 Å². The molecule has 1 aliphatic rings. The lowest BCUT2D eigenvalue weighted by Crippen LogP contribution is -2.33. The molecule has 2 heterocycles. The summed E-state index contributed by atoms with van der Waals surface area (Å²) in [5.41, 5.74) is 4.55. The van der Waals surface area contributed by atoms with Crippen molar-refractivity contribution in [2.24, 2.45) is 0 Å². The van der Waals surface area contributed by atoms with Crippen molar-refractivity contribution in [2.75, 3.05) is 32.8 Å². The van der Waals surface area contributed by atoms with Crippen LogP contribution in [-0.2, 0) is 6.61 Å². The zero-order valence-electron chi connectivity index (χ0n) is 19.1. The maximum Gasteiger partial charge on any atom is 0.161 e. The maximum atomic E-state index is 6.13. The quantitative estimate of drug-likeness (QED) is 0.558. The van der Waals surface area contributed by atoms with Crippen molar-refractivity contribution < 1.29 is 9.47 Å². The van der Waals surface area contributed by atoms with Crippen LogP contribution in [0.15, 0.2) is 66.9 Å². The van der Waals surface area contributed by atoms with Crippen LogP contribution in [0, 0.1) is 6.92 Å². The second-order valence-corrected chi connectivity index (χ2v) is 8.22. The maximum absolute atomic E-state index is 6.13. The SMILES string of the molecule is CCOc1cc(C(c2ccc(C)cn2)N2CCCNCC2)ccc1OCc1ccccc1. The van der Waals surface area contributed by atoms with Crippen molar-refractivity contribution in [1.82, 2.24) is 15.2 Å². The number of rotatable bonds is 8. The van der Waals surface area contributed by atoms with Gasteiger partial charge in [-0.15, -0.1) is 0 Å². The van der Waals surface area contributed by atoms with Gasteiger partial charge in [0.25, 0.3) is 0 Å². The van der Waals surface area contributed by atoms with Gasteiger partial charge in [-0.1, -0.05) is 42.5 Å². The molecule has 168 valence electrons. The first kappa shape index (κ1) is 22.3. The summed E-state index contributed by atoms with van der Waals surface area (Å²) in [6, 6.07) is 20.9. The molecule has 4 rings (SSSR count). The van der Waals surface area contributed by atoms with Gasteiger partial charge in [0, 0.05) is 25.8 Å². The Bertz CT molecular complexity index is 968. The standard InChI is InChI=1S/C27H33N3O2/c1-3-31-26-18-23(11-13-25(26)32-20-22-8-5-4-6-9-22)27(24-12-10-21(2)19-29-24)30-16-7-14-28-15-17-30/h4-6,8-13,18-19,27-28H,3,7,14-17,20H2,1-2H3. The summed E-state index contributed by atoms with van der Waals surface area (Å²) in [5.74, 6) is 1.55. The van der Waals surface area contributed by atoms with Crippen molar-refractivity contribution in [3.05, 3.63) is 89.2 Å². The van der Waals surface area contributed by atoms with E-state index in [1.807, 2.05) is 37.4 Å². The van der Waals surface area contributed by atoms with Gasteiger partial charge in [0.05, 0.1) is 18.3 Å². The van der Waals surface area contributed by atoms with Crippen LogP contribution in [0.2, 0.25) is 0 Å². The highest BCUT2D eigenvalue weighted by Crippen LogP contribution is 2.35. The molecule has 1 N–H and O–H groups in total. The van der Waals surface area contributed by atoms with Crippen LogP contribution in [-0.4, -0.2) is 42.7 Å². The lowest BCUT2D eigenvalue weighted by atomic mass is 9.99. The monoisotopic (exact) mass is 431 g/mol. The van der Waals surface area contributed by atoms with Crippen LogP contribution in [0.4, 0.5) is 0 Å². The molecule has 0 spiro atoms. The van der Waals surface area contributed by atoms with Crippen LogP contribution in [0.3, 0.4) is 0 Å². The Balaban J connectivity index is 1.65. The van der Waals surface area contributed by atoms with Gasteiger partial charge in [-0.3, -0.25) is 9.88 Å². The number of nitrogens with one attached hydrogen (secondary N) is 1. The molecular formula is C27H33N3O2. The number of benzene rings is 2. The Hall–Kier alpha value is -2.89. The second kappa shape index (κ2) is 11.1. The van der Waals surface area contributed by atoms with Crippen molar-refractivity contribution >= 4 is 0 Å². The molecule has 1 saturated heterocycles. The Morgan fingerprint density at radius 1 is 0.969 bits per heavy atom. The van der Waals surface area contributed by atoms with E-state index in [1.54, 1.807) is 0 Å². The topological polar surface area (TPSA) is 46.6 Å². The van der Waals surface area contributed by atoms with E-state index in [0.717, 1.165) is 55.4 Å². The number of nitrogens with zero attached hydrogens (tertiary/aromatic N) is 2. The van der Waals surface area contributed by atoms with E-state index < -0.39 is 0 Å². The van der Waals surface area contributed by atoms with Crippen molar-refractivity contribution in [3.8, 4) is 11.5 Å². The molecule has 1 aliphatic heterocycles. The summed E-state index contributed by atoms with van der Waals surface area (Å²) in [6.07, 6.45) is 3.08. The van der Waals surface area contributed by atoms with Gasteiger partial charge in [-0.05, 0) is 61.7 Å². The highest BCUT2D eigenvalue weighted by atomic mass is 16.5. The first-order valence-corrected chi connectivity index (χ1v) is 11.6. The molecule has 2 aromatic carbocycles. The average molecular weight is 432 g/mol. The largest absolute Gasteiger partial charge is 0.490 e. The minimum Gasteiger partial charge on any atom is -0.490 e. The molecule has 3 aromatic rings. The molecule has 0 radical (unpaired) electrons. The van der Waals surface area contributed by atoms with Crippen molar-refractivity contribution in [1.29, 1.82) is 0 Å². The molecule has 0 saturated carbocycles. The summed E-state index contributed by atoms with van der Waals surface area (Å²) in [6.45, 7) is 9.24. The Labute approximate surface area is 191 Å². The third-order valence-electron chi connectivity index (χ3n) is 5.77. The third-order valence-corrected chi connectivity index (χ3v) is 5.77. The number of ether oxygens (including phenoxy) is 2. The van der Waals surface area contributed by atoms with Crippen LogP contribution in [0.1, 0.15) is 41.8 Å². The van der Waals surface area contributed by atoms with Gasteiger partial charge in [0.1, 0.15) is 6.61 Å². The summed E-state index contributed by atoms with van der Waals surface area (Å²) in [7, 11) is 0. The predicted octanol–water partition coefficient (Wildman–Crippen LogP) is 4.75. The highest BCUT2D eigenvalue weighted by Gasteiger charge is 2.25. The average Bonchev–Trinajstić information content (AvgIpc) is 3.10. The summed E-state index contributed by atoms with van der Waals surface area (Å²) in [5, 5.41) is 3.51. The lowest BCUT2D eigenvalue weighted by molar-refractivity contribution is 0.235. The van der Waals surface area contributed by atoms with Gasteiger partial charge in [-0.25, -0.2) is 0 Å². The van der Waals surface area contributed by atoms with E-state index in [2.05, 4.69) is 53.5 Å². The molecule has 0 bridgehead atoms. The number of aromatic nitrogens is 1. The predicted molar refractivity (Wildman–Crippen MR) is 128 cm³/mol. The molecule has 5 heteroatoms. The van der Waals surface area contributed by atoms with Gasteiger partial charge >= 0.3 is 0 Å². The Kier molecular flexibility index (Phi) is 7.75. The fourth-order valence-corrected chi connectivity index (χ4v) is 4.15. The minimum absolute atomic E-state index is 0.0814. The van der Waals surface area contributed by atoms with Crippen LogP contribution >= 0.6 is 0 Å². The highest BCUT2D eigenvalue weighted by molar-refractivity contribution is 5.45. The summed E-state index contributed by atoms with van der Waals surface area (Å²) >= 11 is 0. The van der Waals surface area contributed by atoms with E-state index >= 15 is 0 Å². The zero-order chi connectivity index (χ0) is 22.2. The van der Waals surface area contributed by atoms with E-state index in [-0.39, 0.29) is 6.04 Å². The molecule has 5 nitrogen and oxygen atoms in total. The normalized spacial score (nSPS) is 15.7. The van der Waals surface area contributed by atoms with E-state index in [4.69, 9.17) is 14.5 Å². The van der Waals surface area contributed by atoms with Crippen molar-refractivity contribution in [2.45, 2.75) is 32.9 Å². The fourth-order valence-electron chi connectivity index (χ4n) is 4.15. The van der Waals surface area contributed by atoms with E-state index in [0.29, 0.717) is 13.2 Å². The summed E-state index contributed by atoms with van der Waals surface area (Å²) < 4.78 is 12.1.